The summed E-state index contributed by atoms with van der Waals surface area (Å²) in [6, 6.07) is 0. The minimum atomic E-state index is -0.250. The van der Waals surface area contributed by atoms with E-state index in [1.54, 1.807) is 0 Å². The molecule has 0 spiro atoms. The summed E-state index contributed by atoms with van der Waals surface area (Å²) in [6.45, 7) is 9.98. The van der Waals surface area contributed by atoms with Gasteiger partial charge in [0.25, 0.3) is 0 Å². The SMILES string of the molecule is CC(C)(C)[NH-].C[SiH]C.Cl.Cl.[C-]1=CC=CC1.[C-]1=CC=CC1.[CH3-].[CH3-].[Ti]. The molecule has 0 bridgehead atoms. The van der Waals surface area contributed by atoms with Crippen LogP contribution in [0.4, 0.5) is 0 Å². The average molecular weight is 412 g/mol. The molecule has 0 atom stereocenters. The van der Waals surface area contributed by atoms with Gasteiger partial charge in [0.1, 0.15) is 0 Å². The molecule has 2 rings (SSSR count). The summed E-state index contributed by atoms with van der Waals surface area (Å²) in [7, 11) is 0.750. The molecule has 23 heavy (non-hydrogen) atoms. The predicted molar refractivity (Wildman–Crippen MR) is 113 cm³/mol. The molecule has 0 heterocycles. The molecule has 0 aromatic heterocycles. The minimum absolute atomic E-state index is 0. The van der Waals surface area contributed by atoms with Gasteiger partial charge < -0.3 is 20.6 Å². The van der Waals surface area contributed by atoms with Crippen LogP contribution in [-0.2, 0) is 21.7 Å². The first-order valence-electron chi connectivity index (χ1n) is 6.34. The Balaban J connectivity index is -0.0000000281. The molecule has 5 heteroatoms. The summed E-state index contributed by atoms with van der Waals surface area (Å²) in [4.78, 5) is 0. The molecule has 0 aromatic rings. The summed E-state index contributed by atoms with van der Waals surface area (Å²) < 4.78 is 0. The van der Waals surface area contributed by atoms with Crippen LogP contribution >= 0.6 is 24.8 Å². The summed E-state index contributed by atoms with van der Waals surface area (Å²) >= 11 is 0. The largest absolute Gasteiger partial charge is 0.673 e. The molecular formula is C18H35Cl2NSiTi-5. The summed E-state index contributed by atoms with van der Waals surface area (Å²) in [6.07, 6.45) is 20.0. The van der Waals surface area contributed by atoms with Crippen LogP contribution in [0.1, 0.15) is 33.6 Å². The molecule has 0 aromatic carbocycles. The van der Waals surface area contributed by atoms with Gasteiger partial charge in [-0.25, -0.2) is 24.3 Å². The van der Waals surface area contributed by atoms with Crippen molar-refractivity contribution in [2.24, 2.45) is 0 Å². The Labute approximate surface area is 176 Å². The van der Waals surface area contributed by atoms with Crippen LogP contribution in [0.2, 0.25) is 13.1 Å². The second-order valence-corrected chi connectivity index (χ2v) is 5.99. The Kier molecular flexibility index (Phi) is 64.4. The average Bonchev–Trinajstić information content (AvgIpc) is 2.96. The molecule has 0 amide bonds. The van der Waals surface area contributed by atoms with Crippen molar-refractivity contribution < 1.29 is 21.7 Å². The maximum atomic E-state index is 6.94. The van der Waals surface area contributed by atoms with Crippen molar-refractivity contribution in [3.63, 3.8) is 0 Å². The van der Waals surface area contributed by atoms with Gasteiger partial charge in [0.2, 0.25) is 0 Å². The van der Waals surface area contributed by atoms with Crippen molar-refractivity contribution in [2.75, 3.05) is 0 Å². The fourth-order valence-corrected chi connectivity index (χ4v) is 0.680. The molecule has 0 fully saturated rings. The van der Waals surface area contributed by atoms with Crippen LogP contribution in [-0.4, -0.2) is 15.1 Å². The second-order valence-electron chi connectivity index (χ2n) is 4.83. The molecule has 1 nitrogen and oxygen atoms in total. The van der Waals surface area contributed by atoms with Gasteiger partial charge in [0.05, 0.1) is 0 Å². The molecule has 2 aliphatic rings. The summed E-state index contributed by atoms with van der Waals surface area (Å²) in [5.41, 5.74) is 6.69. The van der Waals surface area contributed by atoms with Crippen molar-refractivity contribution in [2.45, 2.75) is 52.2 Å². The van der Waals surface area contributed by atoms with E-state index in [4.69, 9.17) is 5.73 Å². The van der Waals surface area contributed by atoms with E-state index in [-0.39, 0.29) is 66.9 Å². The Morgan fingerprint density at radius 2 is 1.09 bits per heavy atom. The van der Waals surface area contributed by atoms with E-state index in [9.17, 15) is 0 Å². The van der Waals surface area contributed by atoms with Crippen molar-refractivity contribution >= 4 is 34.3 Å². The van der Waals surface area contributed by atoms with Gasteiger partial charge in [-0.05, 0) is 0 Å². The van der Waals surface area contributed by atoms with Crippen molar-refractivity contribution in [3.8, 4) is 0 Å². The van der Waals surface area contributed by atoms with Crippen molar-refractivity contribution in [1.82, 2.24) is 0 Å². The molecule has 1 N–H and O–H groups in total. The monoisotopic (exact) mass is 411 g/mol. The van der Waals surface area contributed by atoms with Crippen molar-refractivity contribution in [3.05, 3.63) is 69.2 Å². The minimum Gasteiger partial charge on any atom is -0.673 e. The van der Waals surface area contributed by atoms with E-state index in [1.807, 2.05) is 45.1 Å². The molecule has 0 saturated heterocycles. The Morgan fingerprint density at radius 3 is 1.13 bits per heavy atom. The van der Waals surface area contributed by atoms with Gasteiger partial charge in [-0.15, -0.1) is 43.2 Å². The zero-order chi connectivity index (χ0) is 14.3. The van der Waals surface area contributed by atoms with E-state index < -0.39 is 0 Å². The van der Waals surface area contributed by atoms with Gasteiger partial charge in [-0.2, -0.15) is 12.2 Å². The molecule has 139 valence electrons. The smallest absolute Gasteiger partial charge is 0.0213 e. The first-order valence-corrected chi connectivity index (χ1v) is 8.65. The third-order valence-corrected chi connectivity index (χ3v) is 1.17. The summed E-state index contributed by atoms with van der Waals surface area (Å²) in [5, 5.41) is 0. The second kappa shape index (κ2) is 33.9. The number of allylic oxidation sites excluding steroid dienone is 8. The third-order valence-electron chi connectivity index (χ3n) is 1.17. The van der Waals surface area contributed by atoms with Crippen LogP contribution in [0.15, 0.2) is 36.5 Å². The van der Waals surface area contributed by atoms with Gasteiger partial charge in [-0.3, -0.25) is 12.2 Å². The standard InChI is InChI=1S/2C5H5.C4H10N.C2H7Si.2CH3.2ClH.Ti/c2*1-2-4-5-3-1;1-4(2,3)5;1-3-2;;;;;/h2*1-3H,4H2;5H,1-3H3;3H,1-2H3;2*1H3;2*1H;/q3*-1;;2*-1;;;. The number of hydrogen-bond donors (Lipinski definition) is 0. The van der Waals surface area contributed by atoms with Crippen molar-refractivity contribution in [1.29, 1.82) is 0 Å². The van der Waals surface area contributed by atoms with Crippen LogP contribution in [0.3, 0.4) is 0 Å². The van der Waals surface area contributed by atoms with Gasteiger partial charge >= 0.3 is 0 Å². The first kappa shape index (κ1) is 43.7. The van der Waals surface area contributed by atoms with Crippen LogP contribution in [0.25, 0.3) is 5.73 Å². The zero-order valence-corrected chi connectivity index (χ0v) is 20.1. The van der Waals surface area contributed by atoms with Crippen LogP contribution in [0, 0.1) is 27.0 Å². The third kappa shape index (κ3) is 86.1. The quantitative estimate of drug-likeness (QED) is 0.312. The molecular weight excluding hydrogens is 377 g/mol. The van der Waals surface area contributed by atoms with E-state index in [0.29, 0.717) is 0 Å². The Morgan fingerprint density at radius 1 is 0.870 bits per heavy atom. The fourth-order valence-electron chi connectivity index (χ4n) is 0.680. The number of halogens is 2. The molecule has 1 radical (unpaired) electrons. The van der Waals surface area contributed by atoms with Crippen LogP contribution in [0.5, 0.6) is 0 Å². The number of hydrogen-bond acceptors (Lipinski definition) is 0. The Bertz CT molecular complexity index is 235. The molecule has 2 aliphatic carbocycles. The van der Waals surface area contributed by atoms with E-state index in [0.717, 1.165) is 22.4 Å². The normalized spacial score (nSPS) is 11.0. The predicted octanol–water partition coefficient (Wildman–Crippen LogP) is 6.71. The molecule has 0 saturated carbocycles. The molecule has 0 unspecified atom stereocenters. The van der Waals surface area contributed by atoms with Gasteiger partial charge in [0.15, 0.2) is 0 Å². The van der Waals surface area contributed by atoms with Gasteiger partial charge in [-0.1, -0.05) is 33.9 Å². The van der Waals surface area contributed by atoms with E-state index in [2.05, 4.69) is 37.4 Å². The topological polar surface area (TPSA) is 23.8 Å². The zero-order valence-electron chi connectivity index (χ0n) is 15.8. The molecule has 0 aliphatic heterocycles. The maximum absolute atomic E-state index is 6.94. The maximum Gasteiger partial charge on any atom is 0.0213 e. The first-order chi connectivity index (χ1) is 8.41. The van der Waals surface area contributed by atoms with E-state index in [1.165, 1.54) is 0 Å². The van der Waals surface area contributed by atoms with Crippen LogP contribution < -0.4 is 0 Å². The fraction of sp³-hybridized carbons (Fsp3) is 0.444. The Hall–Kier alpha value is 0.431. The number of nitrogens with one attached hydrogen (secondary N) is 1. The van der Waals surface area contributed by atoms with E-state index >= 15 is 0 Å². The number of rotatable bonds is 0. The summed E-state index contributed by atoms with van der Waals surface area (Å²) in [5.74, 6) is 0. The van der Waals surface area contributed by atoms with Gasteiger partial charge in [0, 0.05) is 31.2 Å².